The number of methoxy groups -OCH3 is 2. The number of carboxylic acid groups (broad SMARTS) is 1. The Bertz CT molecular complexity index is 419. The number of phenolic OH excluding ortho intramolecular Hbond substituents is 1. The minimum absolute atomic E-state index is 0.0989. The van der Waals surface area contributed by atoms with E-state index in [-0.39, 0.29) is 23.8 Å². The van der Waals surface area contributed by atoms with E-state index in [0.717, 1.165) is 0 Å². The summed E-state index contributed by atoms with van der Waals surface area (Å²) >= 11 is 0. The van der Waals surface area contributed by atoms with Crippen LogP contribution in [-0.2, 0) is 4.79 Å². The summed E-state index contributed by atoms with van der Waals surface area (Å²) in [6.07, 6.45) is 0. The summed E-state index contributed by atoms with van der Waals surface area (Å²) in [5, 5.41) is 18.5. The van der Waals surface area contributed by atoms with E-state index in [1.165, 1.54) is 26.4 Å². The Kier molecular flexibility index (Phi) is 4.17. The van der Waals surface area contributed by atoms with Crippen molar-refractivity contribution in [2.75, 3.05) is 20.8 Å². The van der Waals surface area contributed by atoms with Crippen molar-refractivity contribution in [3.05, 3.63) is 17.7 Å². The molecule has 1 aromatic rings. The zero-order valence-electron chi connectivity index (χ0n) is 9.64. The van der Waals surface area contributed by atoms with Crippen molar-refractivity contribution in [2.45, 2.75) is 5.92 Å². The van der Waals surface area contributed by atoms with Crippen molar-refractivity contribution in [2.24, 2.45) is 5.73 Å². The Labute approximate surface area is 98.6 Å². The first kappa shape index (κ1) is 13.1. The fourth-order valence-corrected chi connectivity index (χ4v) is 1.60. The van der Waals surface area contributed by atoms with Gasteiger partial charge in [-0.2, -0.15) is 0 Å². The second kappa shape index (κ2) is 5.40. The molecule has 1 atom stereocenters. The molecule has 4 N–H and O–H groups in total. The van der Waals surface area contributed by atoms with Gasteiger partial charge in [0, 0.05) is 18.2 Å². The molecule has 0 saturated carbocycles. The SMILES string of the molecule is COc1cc(O)cc(C(CN)C(=O)O)c1OC. The van der Waals surface area contributed by atoms with Gasteiger partial charge in [-0.15, -0.1) is 0 Å². The minimum Gasteiger partial charge on any atom is -0.508 e. The quantitative estimate of drug-likeness (QED) is 0.695. The average Bonchev–Trinajstić information content (AvgIpc) is 2.28. The highest BCUT2D eigenvalue weighted by molar-refractivity contribution is 5.78. The molecule has 6 heteroatoms. The van der Waals surface area contributed by atoms with Crippen LogP contribution < -0.4 is 15.2 Å². The molecule has 0 aliphatic carbocycles. The normalized spacial score (nSPS) is 11.9. The minimum atomic E-state index is -1.08. The van der Waals surface area contributed by atoms with Gasteiger partial charge in [0.25, 0.3) is 0 Å². The van der Waals surface area contributed by atoms with E-state index in [2.05, 4.69) is 0 Å². The lowest BCUT2D eigenvalue weighted by Gasteiger charge is -2.17. The zero-order chi connectivity index (χ0) is 13.0. The van der Waals surface area contributed by atoms with Gasteiger partial charge in [-0.25, -0.2) is 0 Å². The van der Waals surface area contributed by atoms with Gasteiger partial charge in [0.1, 0.15) is 5.75 Å². The number of carbonyl (C=O) groups is 1. The molecule has 0 aliphatic heterocycles. The van der Waals surface area contributed by atoms with E-state index < -0.39 is 11.9 Å². The van der Waals surface area contributed by atoms with Crippen molar-refractivity contribution in [3.8, 4) is 17.2 Å². The van der Waals surface area contributed by atoms with Crippen molar-refractivity contribution >= 4 is 5.97 Å². The summed E-state index contributed by atoms with van der Waals surface area (Å²) in [6, 6.07) is 2.66. The molecule has 0 aromatic heterocycles. The maximum atomic E-state index is 11.1. The molecule has 1 aromatic carbocycles. The van der Waals surface area contributed by atoms with Gasteiger partial charge < -0.3 is 25.4 Å². The van der Waals surface area contributed by atoms with E-state index in [9.17, 15) is 9.90 Å². The zero-order valence-corrected chi connectivity index (χ0v) is 9.64. The van der Waals surface area contributed by atoms with Crippen LogP contribution in [0.1, 0.15) is 11.5 Å². The van der Waals surface area contributed by atoms with Crippen LogP contribution in [0.5, 0.6) is 17.2 Å². The van der Waals surface area contributed by atoms with Crippen molar-refractivity contribution in [1.82, 2.24) is 0 Å². The van der Waals surface area contributed by atoms with Crippen LogP contribution >= 0.6 is 0 Å². The summed E-state index contributed by atoms with van der Waals surface area (Å²) in [5.74, 6) is -1.60. The smallest absolute Gasteiger partial charge is 0.312 e. The molecule has 0 amide bonds. The Morgan fingerprint density at radius 2 is 2.06 bits per heavy atom. The van der Waals surface area contributed by atoms with E-state index in [1.54, 1.807) is 0 Å². The maximum absolute atomic E-state index is 11.1. The van der Waals surface area contributed by atoms with Gasteiger partial charge in [0.05, 0.1) is 20.1 Å². The van der Waals surface area contributed by atoms with Crippen LogP contribution in [0.2, 0.25) is 0 Å². The van der Waals surface area contributed by atoms with Gasteiger partial charge in [0.2, 0.25) is 0 Å². The lowest BCUT2D eigenvalue weighted by Crippen LogP contribution is -2.21. The molecule has 1 unspecified atom stereocenters. The first-order chi connectivity index (χ1) is 8.04. The summed E-state index contributed by atoms with van der Waals surface area (Å²) < 4.78 is 10.1. The van der Waals surface area contributed by atoms with Crippen LogP contribution in [0, 0.1) is 0 Å². The van der Waals surface area contributed by atoms with E-state index in [1.807, 2.05) is 0 Å². The first-order valence-corrected chi connectivity index (χ1v) is 4.92. The third kappa shape index (κ3) is 2.59. The van der Waals surface area contributed by atoms with Gasteiger partial charge in [-0.05, 0) is 6.07 Å². The fraction of sp³-hybridized carbons (Fsp3) is 0.364. The summed E-state index contributed by atoms with van der Waals surface area (Å²) in [7, 11) is 2.80. The molecule has 0 heterocycles. The summed E-state index contributed by atoms with van der Waals surface area (Å²) in [6.45, 7) is -0.0989. The molecular formula is C11H15NO5. The lowest BCUT2D eigenvalue weighted by molar-refractivity contribution is -0.138. The number of aliphatic carboxylic acids is 1. The van der Waals surface area contributed by atoms with Gasteiger partial charge >= 0.3 is 5.97 Å². The molecule has 6 nitrogen and oxygen atoms in total. The Morgan fingerprint density at radius 3 is 2.47 bits per heavy atom. The molecule has 94 valence electrons. The van der Waals surface area contributed by atoms with Crippen molar-refractivity contribution in [1.29, 1.82) is 0 Å². The van der Waals surface area contributed by atoms with Gasteiger partial charge in [0.15, 0.2) is 11.5 Å². The number of phenols is 1. The predicted octanol–water partition coefficient (Wildman–Crippen LogP) is 0.536. The van der Waals surface area contributed by atoms with Gasteiger partial charge in [-0.1, -0.05) is 0 Å². The molecule has 1 rings (SSSR count). The molecule has 0 fully saturated rings. The Balaban J connectivity index is 3.39. The number of hydrogen-bond acceptors (Lipinski definition) is 5. The number of ether oxygens (including phenoxy) is 2. The van der Waals surface area contributed by atoms with E-state index in [4.69, 9.17) is 20.3 Å². The van der Waals surface area contributed by atoms with Crippen molar-refractivity contribution < 1.29 is 24.5 Å². The third-order valence-electron chi connectivity index (χ3n) is 2.40. The third-order valence-corrected chi connectivity index (χ3v) is 2.40. The average molecular weight is 241 g/mol. The Hall–Kier alpha value is -1.95. The molecular weight excluding hydrogens is 226 g/mol. The van der Waals surface area contributed by atoms with E-state index >= 15 is 0 Å². The number of benzene rings is 1. The van der Waals surface area contributed by atoms with Crippen LogP contribution in [0.4, 0.5) is 0 Å². The number of hydrogen-bond donors (Lipinski definition) is 3. The second-order valence-electron chi connectivity index (χ2n) is 3.40. The summed E-state index contributed by atoms with van der Waals surface area (Å²) in [4.78, 5) is 11.1. The topological polar surface area (TPSA) is 102 Å². The largest absolute Gasteiger partial charge is 0.508 e. The molecule has 0 radical (unpaired) electrons. The molecule has 0 spiro atoms. The second-order valence-corrected chi connectivity index (χ2v) is 3.40. The predicted molar refractivity (Wildman–Crippen MR) is 60.6 cm³/mol. The number of carboxylic acids is 1. The lowest BCUT2D eigenvalue weighted by atomic mass is 9.97. The number of rotatable bonds is 5. The molecule has 17 heavy (non-hydrogen) atoms. The monoisotopic (exact) mass is 241 g/mol. The standard InChI is InChI=1S/C11H15NO5/c1-16-9-4-6(13)3-7(10(9)17-2)8(5-12)11(14)15/h3-4,8,13H,5,12H2,1-2H3,(H,14,15). The highest BCUT2D eigenvalue weighted by atomic mass is 16.5. The number of nitrogens with two attached hydrogens (primary N) is 1. The molecule has 0 saturated heterocycles. The van der Waals surface area contributed by atoms with Crippen LogP contribution in [-0.4, -0.2) is 36.9 Å². The summed E-state index contributed by atoms with van der Waals surface area (Å²) in [5.41, 5.74) is 5.70. The van der Waals surface area contributed by atoms with Crippen molar-refractivity contribution in [3.63, 3.8) is 0 Å². The molecule has 0 bridgehead atoms. The maximum Gasteiger partial charge on any atom is 0.312 e. The van der Waals surface area contributed by atoms with Gasteiger partial charge in [-0.3, -0.25) is 4.79 Å². The highest BCUT2D eigenvalue weighted by Gasteiger charge is 2.25. The Morgan fingerprint density at radius 1 is 1.41 bits per heavy atom. The fourth-order valence-electron chi connectivity index (χ4n) is 1.60. The first-order valence-electron chi connectivity index (χ1n) is 4.92. The van der Waals surface area contributed by atoms with Crippen LogP contribution in [0.3, 0.4) is 0 Å². The highest BCUT2D eigenvalue weighted by Crippen LogP contribution is 2.38. The van der Waals surface area contributed by atoms with Crippen LogP contribution in [0.15, 0.2) is 12.1 Å². The van der Waals surface area contributed by atoms with E-state index in [0.29, 0.717) is 5.56 Å². The molecule has 0 aliphatic rings. The number of aromatic hydroxyl groups is 1. The van der Waals surface area contributed by atoms with Crippen LogP contribution in [0.25, 0.3) is 0 Å².